The molecule has 0 radical (unpaired) electrons. The van der Waals surface area contributed by atoms with E-state index >= 15 is 0 Å². The van der Waals surface area contributed by atoms with Crippen molar-refractivity contribution in [1.29, 1.82) is 5.26 Å². The molecule has 0 bridgehead atoms. The molecule has 4 nitrogen and oxygen atoms in total. The minimum atomic E-state index is -0.647. The van der Waals surface area contributed by atoms with Crippen molar-refractivity contribution in [3.63, 3.8) is 0 Å². The number of nitrogens with zero attached hydrogens (tertiary/aromatic N) is 4. The Morgan fingerprint density at radius 3 is 1.57 bits per heavy atom. The van der Waals surface area contributed by atoms with E-state index in [2.05, 4.69) is 203 Å². The molecule has 67 heavy (non-hydrogen) atoms. The number of fused-ring (bicyclic) bond motifs is 16. The van der Waals surface area contributed by atoms with Gasteiger partial charge in [-0.05, 0) is 156 Å². The van der Waals surface area contributed by atoms with E-state index in [9.17, 15) is 5.26 Å². The molecule has 0 fully saturated rings. The SMILES string of the molecule is [C-]#[N+]c1cccc(N(c2ccccc2)c2ccc3c4c(ccc3c2)-c2ccc3cc(N(c5ccccc5)c5cccc(C#N)c5)ccc3c2C42c3ccccc3-c3c2ccc2ccccc32)c1. The quantitative estimate of drug-likeness (QED) is 0.156. The molecule has 0 heterocycles. The maximum atomic E-state index is 9.93. The summed E-state index contributed by atoms with van der Waals surface area (Å²) >= 11 is 0. The van der Waals surface area contributed by atoms with Crippen molar-refractivity contribution in [3.8, 4) is 28.3 Å². The summed E-state index contributed by atoms with van der Waals surface area (Å²) in [7, 11) is 0. The maximum Gasteiger partial charge on any atom is 0.189 e. The number of anilines is 6. The highest BCUT2D eigenvalue weighted by Crippen LogP contribution is 2.66. The van der Waals surface area contributed by atoms with Crippen molar-refractivity contribution >= 4 is 72.1 Å². The first-order chi connectivity index (χ1) is 33.1. The molecule has 1 atom stereocenters. The van der Waals surface area contributed by atoms with Crippen LogP contribution in [0, 0.1) is 17.9 Å². The van der Waals surface area contributed by atoms with Crippen molar-refractivity contribution < 1.29 is 0 Å². The largest absolute Gasteiger partial charge is 0.312 e. The Balaban J connectivity index is 1.09. The third-order valence-electron chi connectivity index (χ3n) is 14.0. The van der Waals surface area contributed by atoms with Crippen LogP contribution < -0.4 is 9.80 Å². The molecule has 0 aliphatic heterocycles. The van der Waals surface area contributed by atoms with Gasteiger partial charge in [-0.1, -0.05) is 152 Å². The Morgan fingerprint density at radius 2 is 0.925 bits per heavy atom. The highest BCUT2D eigenvalue weighted by molar-refractivity contribution is 6.13. The molecule has 0 aromatic heterocycles. The highest BCUT2D eigenvalue weighted by Gasteiger charge is 2.53. The Kier molecular flexibility index (Phi) is 8.52. The van der Waals surface area contributed by atoms with Gasteiger partial charge in [0.05, 0.1) is 23.6 Å². The molecule has 11 aromatic carbocycles. The van der Waals surface area contributed by atoms with Gasteiger partial charge < -0.3 is 9.80 Å². The van der Waals surface area contributed by atoms with E-state index in [1.165, 1.54) is 66.1 Å². The molecule has 2 aliphatic carbocycles. The zero-order chi connectivity index (χ0) is 44.6. The van der Waals surface area contributed by atoms with Gasteiger partial charge in [-0.25, -0.2) is 4.85 Å². The number of para-hydroxylation sites is 2. The normalized spacial score (nSPS) is 14.0. The first-order valence-electron chi connectivity index (χ1n) is 22.6. The summed E-state index contributed by atoms with van der Waals surface area (Å²) in [5, 5.41) is 17.1. The third-order valence-corrected chi connectivity index (χ3v) is 14.0. The Bertz CT molecular complexity index is 3720. The molecule has 0 N–H and O–H groups in total. The van der Waals surface area contributed by atoms with Gasteiger partial charge in [0.1, 0.15) is 0 Å². The van der Waals surface area contributed by atoms with Crippen molar-refractivity contribution in [2.24, 2.45) is 0 Å². The van der Waals surface area contributed by atoms with Gasteiger partial charge >= 0.3 is 0 Å². The van der Waals surface area contributed by atoms with Crippen LogP contribution in [0.3, 0.4) is 0 Å². The molecular formula is C63H38N4. The number of hydrogen-bond acceptors (Lipinski definition) is 3. The van der Waals surface area contributed by atoms with E-state index in [0.29, 0.717) is 11.3 Å². The van der Waals surface area contributed by atoms with Crippen LogP contribution in [-0.2, 0) is 5.41 Å². The van der Waals surface area contributed by atoms with Crippen LogP contribution >= 0.6 is 0 Å². The number of rotatable bonds is 6. The van der Waals surface area contributed by atoms with Crippen molar-refractivity contribution in [3.05, 3.63) is 270 Å². The lowest BCUT2D eigenvalue weighted by molar-refractivity contribution is 0.810. The average Bonchev–Trinajstić information content (AvgIpc) is 3.87. The molecule has 4 heteroatoms. The summed E-state index contributed by atoms with van der Waals surface area (Å²) in [4.78, 5) is 8.28. The summed E-state index contributed by atoms with van der Waals surface area (Å²) in [6.07, 6.45) is 0. The Morgan fingerprint density at radius 1 is 0.388 bits per heavy atom. The Labute approximate surface area is 388 Å². The fourth-order valence-electron chi connectivity index (χ4n) is 11.3. The van der Waals surface area contributed by atoms with Crippen LogP contribution in [0.4, 0.5) is 39.8 Å². The lowest BCUT2D eigenvalue weighted by Gasteiger charge is -2.33. The van der Waals surface area contributed by atoms with Crippen molar-refractivity contribution in [1.82, 2.24) is 0 Å². The van der Waals surface area contributed by atoms with E-state index in [0.717, 1.165) is 44.9 Å². The van der Waals surface area contributed by atoms with Gasteiger partial charge in [-0.15, -0.1) is 0 Å². The molecule has 310 valence electrons. The molecule has 2 aliphatic rings. The van der Waals surface area contributed by atoms with E-state index in [1.54, 1.807) is 0 Å². The van der Waals surface area contributed by atoms with Gasteiger partial charge in [-0.2, -0.15) is 5.26 Å². The van der Waals surface area contributed by atoms with Crippen LogP contribution in [-0.4, -0.2) is 0 Å². The summed E-state index contributed by atoms with van der Waals surface area (Å²) in [6.45, 7) is 7.81. The lowest BCUT2D eigenvalue weighted by Crippen LogP contribution is -2.26. The standard InChI is InChI=1S/C63H38N4/c1-65-45-16-13-22-49(39-45)67(47-19-6-3-7-20-47)51-30-34-54-44(38-51)27-32-56-55-31-26-43-37-50(66(46-17-4-2-5-18-46)48-21-12-14-41(36-48)40-64)29-33-53(43)61(55)63(62(54)56)58-25-11-10-24-57(58)60-52-23-9-8-15-42(52)28-35-59(60)63/h2-39H. The zero-order valence-electron chi connectivity index (χ0n) is 36.2. The number of hydrogen-bond donors (Lipinski definition) is 0. The van der Waals surface area contributed by atoms with Gasteiger partial charge in [0.25, 0.3) is 0 Å². The summed E-state index contributed by atoms with van der Waals surface area (Å²) in [5.74, 6) is 0. The second-order valence-electron chi connectivity index (χ2n) is 17.4. The molecule has 0 amide bonds. The van der Waals surface area contributed by atoms with E-state index in [-0.39, 0.29) is 0 Å². The second kappa shape index (κ2) is 14.9. The number of nitriles is 1. The summed E-state index contributed by atoms with van der Waals surface area (Å²) in [5.41, 5.74) is 16.7. The fourth-order valence-corrected chi connectivity index (χ4v) is 11.3. The monoisotopic (exact) mass is 850 g/mol. The Hall–Kier alpha value is -9.22. The first kappa shape index (κ1) is 38.3. The minimum Gasteiger partial charge on any atom is -0.312 e. The van der Waals surface area contributed by atoms with Crippen LogP contribution in [0.2, 0.25) is 0 Å². The summed E-state index contributed by atoms with van der Waals surface area (Å²) in [6, 6.07) is 84.5. The topological polar surface area (TPSA) is 34.6 Å². The van der Waals surface area contributed by atoms with Gasteiger partial charge in [0.2, 0.25) is 0 Å². The average molecular weight is 851 g/mol. The molecule has 13 rings (SSSR count). The predicted octanol–water partition coefficient (Wildman–Crippen LogP) is 16.9. The minimum absolute atomic E-state index is 0.600. The van der Waals surface area contributed by atoms with Crippen LogP contribution in [0.25, 0.3) is 59.4 Å². The zero-order valence-corrected chi connectivity index (χ0v) is 36.2. The molecule has 1 unspecified atom stereocenters. The van der Waals surface area contributed by atoms with E-state index < -0.39 is 5.41 Å². The third kappa shape index (κ3) is 5.64. The highest BCUT2D eigenvalue weighted by atomic mass is 15.1. The van der Waals surface area contributed by atoms with Crippen molar-refractivity contribution in [2.75, 3.05) is 9.80 Å². The van der Waals surface area contributed by atoms with Crippen molar-refractivity contribution in [2.45, 2.75) is 5.41 Å². The molecule has 0 saturated heterocycles. The smallest absolute Gasteiger partial charge is 0.189 e. The van der Waals surface area contributed by atoms with Crippen LogP contribution in [0.5, 0.6) is 0 Å². The molecular weight excluding hydrogens is 813 g/mol. The van der Waals surface area contributed by atoms with Gasteiger partial charge in [-0.3, -0.25) is 0 Å². The summed E-state index contributed by atoms with van der Waals surface area (Å²) < 4.78 is 0. The predicted molar refractivity (Wildman–Crippen MR) is 276 cm³/mol. The van der Waals surface area contributed by atoms with E-state index in [1.807, 2.05) is 48.5 Å². The molecule has 0 saturated carbocycles. The van der Waals surface area contributed by atoms with Gasteiger partial charge in [0.15, 0.2) is 5.69 Å². The number of benzene rings is 11. The molecule has 1 spiro atoms. The lowest BCUT2D eigenvalue weighted by atomic mass is 9.68. The van der Waals surface area contributed by atoms with Crippen LogP contribution in [0.1, 0.15) is 27.8 Å². The van der Waals surface area contributed by atoms with E-state index in [4.69, 9.17) is 6.57 Å². The first-order valence-corrected chi connectivity index (χ1v) is 22.6. The second-order valence-corrected chi connectivity index (χ2v) is 17.4. The molecule has 11 aromatic rings. The van der Waals surface area contributed by atoms with Crippen LogP contribution in [0.15, 0.2) is 231 Å². The fraction of sp³-hybridized carbons (Fsp3) is 0.0159. The van der Waals surface area contributed by atoms with Gasteiger partial charge in [0, 0.05) is 34.1 Å². The maximum absolute atomic E-state index is 9.93.